The lowest BCUT2D eigenvalue weighted by molar-refractivity contribution is -0.138. The molecule has 2 aliphatic rings. The Morgan fingerprint density at radius 3 is 2.35 bits per heavy atom. The van der Waals surface area contributed by atoms with Crippen molar-refractivity contribution in [1.29, 1.82) is 0 Å². The van der Waals surface area contributed by atoms with Crippen LogP contribution < -0.4 is 10.6 Å². The fraction of sp³-hybridized carbons (Fsp3) is 0.471. The summed E-state index contributed by atoms with van der Waals surface area (Å²) in [6, 6.07) is 0.645. The van der Waals surface area contributed by atoms with Crippen LogP contribution in [0, 0.1) is 0 Å². The third-order valence-electron chi connectivity index (χ3n) is 4.97. The van der Waals surface area contributed by atoms with Crippen LogP contribution in [0.25, 0.3) is 0 Å². The van der Waals surface area contributed by atoms with Crippen LogP contribution in [-0.4, -0.2) is 67.7 Å². The van der Waals surface area contributed by atoms with Crippen LogP contribution >= 0.6 is 11.6 Å². The average Bonchev–Trinajstić information content (AvgIpc) is 3.02. The number of hydrogen-bond acceptors (Lipinski definition) is 5. The van der Waals surface area contributed by atoms with Crippen LogP contribution in [0.5, 0.6) is 0 Å². The van der Waals surface area contributed by atoms with E-state index in [0.29, 0.717) is 12.1 Å². The Balaban J connectivity index is 1.62. The fourth-order valence-electron chi connectivity index (χ4n) is 3.28. The zero-order valence-corrected chi connectivity index (χ0v) is 17.5. The van der Waals surface area contributed by atoms with Crippen LogP contribution in [0.1, 0.15) is 18.4 Å². The predicted molar refractivity (Wildman–Crippen MR) is 101 cm³/mol. The number of piperazine rings is 1. The van der Waals surface area contributed by atoms with Crippen LogP contribution in [-0.2, 0) is 25.8 Å². The number of halogens is 4. The maximum atomic E-state index is 13.0. The van der Waals surface area contributed by atoms with Crippen molar-refractivity contribution in [1.82, 2.24) is 19.8 Å². The van der Waals surface area contributed by atoms with Crippen molar-refractivity contribution in [3.63, 3.8) is 0 Å². The number of alkyl halides is 3. The van der Waals surface area contributed by atoms with Crippen molar-refractivity contribution in [3.8, 4) is 0 Å². The summed E-state index contributed by atoms with van der Waals surface area (Å²) in [4.78, 5) is 35.7. The number of hydrogen-bond donors (Lipinski definition) is 2. The molecule has 0 radical (unpaired) electrons. The Morgan fingerprint density at radius 2 is 1.81 bits per heavy atom. The Kier molecular flexibility index (Phi) is 6.48. The van der Waals surface area contributed by atoms with Crippen molar-refractivity contribution in [2.24, 2.45) is 0 Å². The summed E-state index contributed by atoms with van der Waals surface area (Å²) in [5.41, 5.74) is -1.13. The Bertz CT molecular complexity index is 1010. The van der Waals surface area contributed by atoms with Gasteiger partial charge in [0.25, 0.3) is 5.91 Å². The van der Waals surface area contributed by atoms with Crippen LogP contribution in [0.4, 0.5) is 18.0 Å². The molecule has 9 nitrogen and oxygen atoms in total. The number of carbonyl (C=O) groups is 3. The normalized spacial score (nSPS) is 20.5. The molecular formula is C17H18ClF3N4O5S. The second-order valence-corrected chi connectivity index (χ2v) is 9.30. The average molecular weight is 483 g/mol. The van der Waals surface area contributed by atoms with Crippen LogP contribution in [0.2, 0.25) is 5.02 Å². The molecule has 0 aliphatic carbocycles. The van der Waals surface area contributed by atoms with E-state index in [9.17, 15) is 36.0 Å². The highest BCUT2D eigenvalue weighted by atomic mass is 35.5. The third kappa shape index (κ3) is 5.10. The number of benzene rings is 1. The van der Waals surface area contributed by atoms with Gasteiger partial charge in [-0.3, -0.25) is 14.9 Å². The molecule has 0 spiro atoms. The lowest BCUT2D eigenvalue weighted by atomic mass is 10.1. The standard InChI is InChI=1S/C17H18ClF3N4O5S/c18-11-2-1-10(17(19,20)21)9-13(11)31(29,30)25-7-5-24(6-8-25)14(26)4-3-12-15(27)23-16(28)22-12/h1-2,9,12H,3-8H2,(H2,22,23,27,28)/t12-/m1/s1. The van der Waals surface area contributed by atoms with Crippen LogP contribution in [0.3, 0.4) is 0 Å². The smallest absolute Gasteiger partial charge is 0.340 e. The van der Waals surface area contributed by atoms with Gasteiger partial charge in [-0.25, -0.2) is 13.2 Å². The quantitative estimate of drug-likeness (QED) is 0.611. The van der Waals surface area contributed by atoms with E-state index in [2.05, 4.69) is 10.6 Å². The van der Waals surface area contributed by atoms with Gasteiger partial charge in [-0.1, -0.05) is 11.6 Å². The van der Waals surface area contributed by atoms with Crippen molar-refractivity contribution in [3.05, 3.63) is 28.8 Å². The SMILES string of the molecule is O=C1NC(=O)[C@@H](CCC(=O)N2CCN(S(=O)(=O)c3cc(C(F)(F)F)ccc3Cl)CC2)N1. The number of nitrogens with one attached hydrogen (secondary N) is 2. The van der Waals surface area contributed by atoms with Crippen molar-refractivity contribution >= 4 is 39.5 Å². The monoisotopic (exact) mass is 482 g/mol. The molecule has 2 saturated heterocycles. The molecule has 0 aromatic heterocycles. The largest absolute Gasteiger partial charge is 0.416 e. The topological polar surface area (TPSA) is 116 Å². The molecule has 2 heterocycles. The van der Waals surface area contributed by atoms with E-state index in [0.717, 1.165) is 10.4 Å². The molecule has 4 amide bonds. The third-order valence-corrected chi connectivity index (χ3v) is 7.35. The first-order valence-electron chi connectivity index (χ1n) is 9.15. The zero-order valence-electron chi connectivity index (χ0n) is 15.9. The molecule has 0 bridgehead atoms. The highest BCUT2D eigenvalue weighted by Gasteiger charge is 2.36. The molecule has 2 fully saturated rings. The summed E-state index contributed by atoms with van der Waals surface area (Å²) >= 11 is 5.85. The van der Waals surface area contributed by atoms with Gasteiger partial charge in [-0.15, -0.1) is 0 Å². The van der Waals surface area contributed by atoms with Crippen molar-refractivity contribution in [2.75, 3.05) is 26.2 Å². The Labute approximate surface area is 180 Å². The van der Waals surface area contributed by atoms with E-state index in [1.165, 1.54) is 4.90 Å². The molecular weight excluding hydrogens is 465 g/mol. The predicted octanol–water partition coefficient (Wildman–Crippen LogP) is 1.18. The van der Waals surface area contributed by atoms with Gasteiger partial charge >= 0.3 is 12.2 Å². The zero-order chi connectivity index (χ0) is 23.0. The molecule has 2 N–H and O–H groups in total. The lowest BCUT2D eigenvalue weighted by Crippen LogP contribution is -2.50. The first-order chi connectivity index (χ1) is 14.4. The minimum atomic E-state index is -4.73. The number of imide groups is 1. The van der Waals surface area contributed by atoms with Crippen LogP contribution in [0.15, 0.2) is 23.1 Å². The van der Waals surface area contributed by atoms with Gasteiger partial charge in [0.05, 0.1) is 10.6 Å². The summed E-state index contributed by atoms with van der Waals surface area (Å²) in [7, 11) is -4.30. The molecule has 31 heavy (non-hydrogen) atoms. The molecule has 14 heteroatoms. The molecule has 1 atom stereocenters. The molecule has 170 valence electrons. The minimum Gasteiger partial charge on any atom is -0.340 e. The lowest BCUT2D eigenvalue weighted by Gasteiger charge is -2.34. The summed E-state index contributed by atoms with van der Waals surface area (Å²) in [6.45, 7) is -0.196. The van der Waals surface area contributed by atoms with E-state index in [-0.39, 0.29) is 50.0 Å². The summed E-state index contributed by atoms with van der Waals surface area (Å²) in [5.74, 6) is -0.852. The first kappa shape index (κ1) is 23.3. The fourth-order valence-corrected chi connectivity index (χ4v) is 5.20. The first-order valence-corrected chi connectivity index (χ1v) is 11.0. The number of nitrogens with zero attached hydrogens (tertiary/aromatic N) is 2. The van der Waals surface area contributed by atoms with E-state index in [1.54, 1.807) is 0 Å². The maximum Gasteiger partial charge on any atom is 0.416 e. The highest BCUT2D eigenvalue weighted by Crippen LogP contribution is 2.34. The van der Waals surface area contributed by atoms with Gasteiger partial charge in [0.2, 0.25) is 15.9 Å². The minimum absolute atomic E-state index is 0.0257. The molecule has 1 aromatic carbocycles. The molecule has 0 unspecified atom stereocenters. The van der Waals surface area contributed by atoms with Gasteiger partial charge < -0.3 is 10.2 Å². The van der Waals surface area contributed by atoms with Gasteiger partial charge in [-0.2, -0.15) is 17.5 Å². The molecule has 3 rings (SSSR count). The summed E-state index contributed by atoms with van der Waals surface area (Å²) in [5, 5.41) is 4.10. The molecule has 1 aromatic rings. The van der Waals surface area contributed by atoms with Gasteiger partial charge in [0.15, 0.2) is 0 Å². The number of urea groups is 1. The Morgan fingerprint density at radius 1 is 1.16 bits per heavy atom. The van der Waals surface area contributed by atoms with Crippen molar-refractivity contribution in [2.45, 2.75) is 30.0 Å². The van der Waals surface area contributed by atoms with E-state index < -0.39 is 44.6 Å². The van der Waals surface area contributed by atoms with Crippen molar-refractivity contribution < 1.29 is 36.0 Å². The second kappa shape index (κ2) is 8.63. The highest BCUT2D eigenvalue weighted by molar-refractivity contribution is 7.89. The molecule has 2 aliphatic heterocycles. The van der Waals surface area contributed by atoms with Gasteiger partial charge in [-0.05, 0) is 24.6 Å². The van der Waals surface area contributed by atoms with Gasteiger partial charge in [0.1, 0.15) is 10.9 Å². The number of rotatable bonds is 5. The maximum absolute atomic E-state index is 13.0. The number of amides is 4. The number of carbonyl (C=O) groups excluding carboxylic acids is 3. The Hall–Kier alpha value is -2.38. The van der Waals surface area contributed by atoms with E-state index in [4.69, 9.17) is 11.6 Å². The van der Waals surface area contributed by atoms with E-state index in [1.807, 2.05) is 0 Å². The second-order valence-electron chi connectivity index (χ2n) is 6.98. The summed E-state index contributed by atoms with van der Waals surface area (Å²) in [6.07, 6.45) is -4.67. The van der Waals surface area contributed by atoms with E-state index >= 15 is 0 Å². The molecule has 0 saturated carbocycles. The van der Waals surface area contributed by atoms with Gasteiger partial charge in [0, 0.05) is 32.6 Å². The number of sulfonamides is 1. The summed E-state index contributed by atoms with van der Waals surface area (Å²) < 4.78 is 65.5.